The van der Waals surface area contributed by atoms with Crippen LogP contribution in [0.25, 0.3) is 0 Å². The number of hydrogen-bond acceptors (Lipinski definition) is 4. The molecule has 110 valence electrons. The Bertz CT molecular complexity index is 517. The largest absolute Gasteiger partial charge is 0.508 e. The summed E-state index contributed by atoms with van der Waals surface area (Å²) in [6, 6.07) is 3.70. The summed E-state index contributed by atoms with van der Waals surface area (Å²) < 4.78 is 5.19. The van der Waals surface area contributed by atoms with Crippen LogP contribution in [0.5, 0.6) is 5.75 Å². The molecule has 2 N–H and O–H groups in total. The zero-order valence-electron chi connectivity index (χ0n) is 12.5. The number of amides is 1. The second kappa shape index (κ2) is 5.94. The number of nitrogens with one attached hydrogen (secondary N) is 1. The molecule has 0 unspecified atom stereocenters. The van der Waals surface area contributed by atoms with E-state index in [1.807, 2.05) is 0 Å². The minimum absolute atomic E-state index is 0.0965. The summed E-state index contributed by atoms with van der Waals surface area (Å²) in [5.74, 6) is -0.762. The smallest absolute Gasteiger partial charge is 0.328 e. The van der Waals surface area contributed by atoms with Crippen molar-refractivity contribution in [3.8, 4) is 5.75 Å². The van der Waals surface area contributed by atoms with Crippen molar-refractivity contribution in [2.24, 2.45) is 0 Å². The van der Waals surface area contributed by atoms with Gasteiger partial charge in [-0.05, 0) is 58.4 Å². The number of phenols is 1. The normalized spacial score (nSPS) is 12.7. The summed E-state index contributed by atoms with van der Waals surface area (Å²) in [6.07, 6.45) is 0. The van der Waals surface area contributed by atoms with Crippen LogP contribution in [-0.2, 0) is 9.53 Å². The Morgan fingerprint density at radius 2 is 1.90 bits per heavy atom. The Hall–Kier alpha value is -2.04. The first kappa shape index (κ1) is 16.0. The van der Waals surface area contributed by atoms with Gasteiger partial charge >= 0.3 is 5.97 Å². The molecule has 0 aromatic heterocycles. The number of hydrogen-bond donors (Lipinski definition) is 2. The first-order chi connectivity index (χ1) is 9.10. The number of phenolic OH excluding ortho intramolecular Hbond substituents is 1. The van der Waals surface area contributed by atoms with Gasteiger partial charge in [-0.15, -0.1) is 0 Å². The van der Waals surface area contributed by atoms with Gasteiger partial charge in [-0.3, -0.25) is 4.79 Å². The van der Waals surface area contributed by atoms with Gasteiger partial charge in [0, 0.05) is 5.56 Å². The average Bonchev–Trinajstić information content (AvgIpc) is 2.26. The summed E-state index contributed by atoms with van der Waals surface area (Å²) in [7, 11) is 0. The van der Waals surface area contributed by atoms with E-state index in [1.165, 1.54) is 18.2 Å². The van der Waals surface area contributed by atoms with Gasteiger partial charge in [-0.1, -0.05) is 0 Å². The Morgan fingerprint density at radius 1 is 1.30 bits per heavy atom. The number of carbonyl (C=O) groups excluding carboxylic acids is 2. The third-order valence-electron chi connectivity index (χ3n) is 2.56. The fourth-order valence-electron chi connectivity index (χ4n) is 1.63. The average molecular weight is 279 g/mol. The van der Waals surface area contributed by atoms with Crippen LogP contribution in [-0.4, -0.2) is 28.6 Å². The molecule has 0 radical (unpaired) electrons. The monoisotopic (exact) mass is 279 g/mol. The minimum atomic E-state index is -0.741. The highest BCUT2D eigenvalue weighted by atomic mass is 16.6. The van der Waals surface area contributed by atoms with Gasteiger partial charge in [0.05, 0.1) is 0 Å². The van der Waals surface area contributed by atoms with Gasteiger partial charge in [0.1, 0.15) is 17.4 Å². The van der Waals surface area contributed by atoms with Crippen LogP contribution in [0.4, 0.5) is 0 Å². The quantitative estimate of drug-likeness (QED) is 0.831. The fourth-order valence-corrected chi connectivity index (χ4v) is 1.63. The molecule has 1 amide bonds. The highest BCUT2D eigenvalue weighted by Crippen LogP contribution is 2.16. The Kier molecular flexibility index (Phi) is 4.76. The first-order valence-corrected chi connectivity index (χ1v) is 6.43. The molecule has 0 bridgehead atoms. The van der Waals surface area contributed by atoms with Gasteiger partial charge in [-0.2, -0.15) is 0 Å². The topological polar surface area (TPSA) is 75.6 Å². The molecule has 1 rings (SSSR count). The molecule has 1 atom stereocenters. The van der Waals surface area contributed by atoms with Gasteiger partial charge in [0.25, 0.3) is 5.91 Å². The maximum atomic E-state index is 12.1. The molecule has 0 fully saturated rings. The third kappa shape index (κ3) is 4.57. The Morgan fingerprint density at radius 3 is 2.40 bits per heavy atom. The summed E-state index contributed by atoms with van der Waals surface area (Å²) >= 11 is 0. The van der Waals surface area contributed by atoms with E-state index in [9.17, 15) is 14.7 Å². The number of benzene rings is 1. The highest BCUT2D eigenvalue weighted by Gasteiger charge is 2.23. The lowest BCUT2D eigenvalue weighted by molar-refractivity contribution is -0.156. The van der Waals surface area contributed by atoms with E-state index >= 15 is 0 Å². The van der Waals surface area contributed by atoms with E-state index < -0.39 is 17.6 Å². The van der Waals surface area contributed by atoms with Crippen molar-refractivity contribution in [2.75, 3.05) is 0 Å². The highest BCUT2D eigenvalue weighted by molar-refractivity contribution is 5.98. The van der Waals surface area contributed by atoms with Crippen molar-refractivity contribution in [2.45, 2.75) is 46.3 Å². The van der Waals surface area contributed by atoms with Crippen LogP contribution in [0.1, 0.15) is 43.6 Å². The molecule has 5 nitrogen and oxygen atoms in total. The molecule has 0 saturated carbocycles. The summed E-state index contributed by atoms with van der Waals surface area (Å²) in [4.78, 5) is 23.8. The number of ether oxygens (including phenoxy) is 1. The van der Waals surface area contributed by atoms with E-state index in [0.717, 1.165) is 0 Å². The summed E-state index contributed by atoms with van der Waals surface area (Å²) in [6.45, 7) is 8.59. The molecule has 0 aliphatic heterocycles. The van der Waals surface area contributed by atoms with Gasteiger partial charge in [0.15, 0.2) is 0 Å². The molecular formula is C15H21NO4. The second-order valence-electron chi connectivity index (χ2n) is 5.73. The standard InChI is InChI=1S/C15H21NO4/c1-9-8-11(17)6-7-12(9)13(18)16-10(2)14(19)20-15(3,4)5/h6-8,10,17H,1-5H3,(H,16,18)/t10-/m1/s1. The van der Waals surface area contributed by atoms with Gasteiger partial charge in [-0.25, -0.2) is 4.79 Å². The van der Waals surface area contributed by atoms with Crippen LogP contribution in [0.3, 0.4) is 0 Å². The fraction of sp³-hybridized carbons (Fsp3) is 0.467. The predicted octanol–water partition coefficient (Wildman–Crippen LogP) is 2.16. The van der Waals surface area contributed by atoms with Crippen LogP contribution >= 0.6 is 0 Å². The lowest BCUT2D eigenvalue weighted by Crippen LogP contribution is -2.42. The van der Waals surface area contributed by atoms with Crippen molar-refractivity contribution in [3.63, 3.8) is 0 Å². The third-order valence-corrected chi connectivity index (χ3v) is 2.56. The maximum absolute atomic E-state index is 12.1. The van der Waals surface area contributed by atoms with E-state index in [0.29, 0.717) is 11.1 Å². The molecule has 0 aliphatic rings. The van der Waals surface area contributed by atoms with Gasteiger partial charge < -0.3 is 15.2 Å². The molecule has 0 aliphatic carbocycles. The van der Waals surface area contributed by atoms with E-state index in [1.54, 1.807) is 34.6 Å². The first-order valence-electron chi connectivity index (χ1n) is 6.43. The molecule has 1 aromatic rings. The zero-order chi connectivity index (χ0) is 15.5. The van der Waals surface area contributed by atoms with Crippen molar-refractivity contribution in [1.82, 2.24) is 5.32 Å². The minimum Gasteiger partial charge on any atom is -0.508 e. The van der Waals surface area contributed by atoms with Crippen LogP contribution < -0.4 is 5.32 Å². The molecule has 0 saturated heterocycles. The van der Waals surface area contributed by atoms with E-state index in [4.69, 9.17) is 4.74 Å². The number of aromatic hydroxyl groups is 1. The second-order valence-corrected chi connectivity index (χ2v) is 5.73. The molecule has 1 aromatic carbocycles. The SMILES string of the molecule is Cc1cc(O)ccc1C(=O)N[C@H](C)C(=O)OC(C)(C)C. The van der Waals surface area contributed by atoms with Crippen molar-refractivity contribution < 1.29 is 19.4 Å². The summed E-state index contributed by atoms with van der Waals surface area (Å²) in [5, 5.41) is 11.9. The molecule has 0 heterocycles. The van der Waals surface area contributed by atoms with Crippen molar-refractivity contribution in [3.05, 3.63) is 29.3 Å². The summed E-state index contributed by atoms with van der Waals surface area (Å²) in [5.41, 5.74) is 0.460. The van der Waals surface area contributed by atoms with Crippen LogP contribution in [0, 0.1) is 6.92 Å². The van der Waals surface area contributed by atoms with Gasteiger partial charge in [0.2, 0.25) is 0 Å². The Labute approximate surface area is 118 Å². The van der Waals surface area contributed by atoms with E-state index in [2.05, 4.69) is 5.32 Å². The van der Waals surface area contributed by atoms with Crippen molar-refractivity contribution in [1.29, 1.82) is 0 Å². The lowest BCUT2D eigenvalue weighted by Gasteiger charge is -2.22. The molecule has 20 heavy (non-hydrogen) atoms. The Balaban J connectivity index is 2.73. The van der Waals surface area contributed by atoms with E-state index in [-0.39, 0.29) is 11.7 Å². The predicted molar refractivity (Wildman–Crippen MR) is 75.6 cm³/mol. The number of esters is 1. The molecular weight excluding hydrogens is 258 g/mol. The zero-order valence-corrected chi connectivity index (χ0v) is 12.5. The number of rotatable bonds is 3. The number of carbonyl (C=O) groups is 2. The molecule has 0 spiro atoms. The maximum Gasteiger partial charge on any atom is 0.328 e. The van der Waals surface area contributed by atoms with Crippen molar-refractivity contribution >= 4 is 11.9 Å². The number of aryl methyl sites for hydroxylation is 1. The van der Waals surface area contributed by atoms with Crippen LogP contribution in [0.2, 0.25) is 0 Å². The van der Waals surface area contributed by atoms with Crippen LogP contribution in [0.15, 0.2) is 18.2 Å². The lowest BCUT2D eigenvalue weighted by atomic mass is 10.1. The molecule has 5 heteroatoms.